The van der Waals surface area contributed by atoms with E-state index in [9.17, 15) is 0 Å². The lowest BCUT2D eigenvalue weighted by Crippen LogP contribution is -2.45. The van der Waals surface area contributed by atoms with Crippen molar-refractivity contribution in [3.63, 3.8) is 0 Å². The Morgan fingerprint density at radius 2 is 2.19 bits per heavy atom. The molecule has 0 saturated heterocycles. The molecule has 3 N–H and O–H groups in total. The summed E-state index contributed by atoms with van der Waals surface area (Å²) in [4.78, 5) is 0. The van der Waals surface area contributed by atoms with Gasteiger partial charge in [-0.15, -0.1) is 0 Å². The smallest absolute Gasteiger partial charge is 0.0568 e. The van der Waals surface area contributed by atoms with E-state index in [1.165, 1.54) is 32.1 Å². The molecule has 4 heteroatoms. The lowest BCUT2D eigenvalue weighted by molar-refractivity contribution is 0.390. The van der Waals surface area contributed by atoms with Crippen molar-refractivity contribution < 1.29 is 0 Å². The largest absolute Gasteiger partial charge is 0.378 e. The van der Waals surface area contributed by atoms with Crippen LogP contribution in [0.25, 0.3) is 0 Å². The maximum atomic E-state index is 6.20. The highest BCUT2D eigenvalue weighted by Crippen LogP contribution is 2.35. The summed E-state index contributed by atoms with van der Waals surface area (Å²) in [5.41, 5.74) is 7.24. The van der Waals surface area contributed by atoms with Crippen LogP contribution >= 0.6 is 27.5 Å². The fourth-order valence-corrected chi connectivity index (χ4v) is 3.86. The molecule has 2 unspecified atom stereocenters. The summed E-state index contributed by atoms with van der Waals surface area (Å²) in [7, 11) is 0. The van der Waals surface area contributed by atoms with Crippen LogP contribution in [0.4, 0.5) is 5.69 Å². The predicted octanol–water partition coefficient (Wildman–Crippen LogP) is 5.59. The normalized spacial score (nSPS) is 26.4. The van der Waals surface area contributed by atoms with Gasteiger partial charge in [0.2, 0.25) is 0 Å². The van der Waals surface area contributed by atoms with Crippen LogP contribution in [0.15, 0.2) is 22.7 Å². The molecule has 0 radical (unpaired) electrons. The molecule has 0 aliphatic heterocycles. The van der Waals surface area contributed by atoms with Crippen LogP contribution in [0.2, 0.25) is 5.02 Å². The average Bonchev–Trinajstić information content (AvgIpc) is 2.67. The van der Waals surface area contributed by atoms with Crippen LogP contribution in [0.5, 0.6) is 0 Å². The van der Waals surface area contributed by atoms with E-state index >= 15 is 0 Å². The van der Waals surface area contributed by atoms with Crippen molar-refractivity contribution in [3.05, 3.63) is 27.7 Å². The first-order chi connectivity index (χ1) is 10.1. The summed E-state index contributed by atoms with van der Waals surface area (Å²) in [6.07, 6.45) is 8.83. The lowest BCUT2D eigenvalue weighted by atomic mass is 9.88. The molecule has 0 spiro atoms. The monoisotopic (exact) mass is 372 g/mol. The number of benzene rings is 1. The third-order valence-electron chi connectivity index (χ3n) is 4.72. The van der Waals surface area contributed by atoms with E-state index in [4.69, 9.17) is 17.3 Å². The van der Waals surface area contributed by atoms with E-state index in [1.807, 2.05) is 12.1 Å². The minimum Gasteiger partial charge on any atom is -0.378 e. The van der Waals surface area contributed by atoms with E-state index in [0.29, 0.717) is 6.54 Å². The number of nitrogens with two attached hydrogens (primary N) is 1. The summed E-state index contributed by atoms with van der Waals surface area (Å²) in [5, 5.41) is 4.42. The van der Waals surface area contributed by atoms with Gasteiger partial charge in [0, 0.05) is 22.2 Å². The van der Waals surface area contributed by atoms with Crippen LogP contribution in [-0.4, -0.2) is 12.1 Å². The van der Waals surface area contributed by atoms with Gasteiger partial charge in [-0.3, -0.25) is 0 Å². The van der Waals surface area contributed by atoms with Crippen molar-refractivity contribution in [3.8, 4) is 0 Å². The Labute approximate surface area is 142 Å². The van der Waals surface area contributed by atoms with Crippen LogP contribution in [-0.2, 0) is 0 Å². The molecular formula is C17H26BrClN2. The van der Waals surface area contributed by atoms with E-state index in [0.717, 1.165) is 33.9 Å². The Morgan fingerprint density at radius 1 is 1.38 bits per heavy atom. The molecule has 1 fully saturated rings. The number of anilines is 1. The predicted molar refractivity (Wildman–Crippen MR) is 96.0 cm³/mol. The summed E-state index contributed by atoms with van der Waals surface area (Å²) in [6, 6.07) is 6.05. The number of hydrogen-bond acceptors (Lipinski definition) is 2. The maximum absolute atomic E-state index is 6.20. The molecule has 1 aliphatic rings. The van der Waals surface area contributed by atoms with E-state index in [1.54, 1.807) is 0 Å². The van der Waals surface area contributed by atoms with Crippen LogP contribution < -0.4 is 11.1 Å². The van der Waals surface area contributed by atoms with Gasteiger partial charge >= 0.3 is 0 Å². The first-order valence-corrected chi connectivity index (χ1v) is 9.19. The Bertz CT molecular complexity index is 466. The van der Waals surface area contributed by atoms with Gasteiger partial charge in [-0.05, 0) is 59.3 Å². The van der Waals surface area contributed by atoms with Gasteiger partial charge in [0.1, 0.15) is 0 Å². The zero-order valence-electron chi connectivity index (χ0n) is 12.8. The molecule has 21 heavy (non-hydrogen) atoms. The number of hydrogen-bond donors (Lipinski definition) is 2. The van der Waals surface area contributed by atoms with Crippen molar-refractivity contribution in [2.75, 3.05) is 11.9 Å². The Balaban J connectivity index is 2.08. The van der Waals surface area contributed by atoms with Crippen LogP contribution in [0.3, 0.4) is 0 Å². The molecule has 2 nitrogen and oxygen atoms in total. The minimum atomic E-state index is 0.0274. The van der Waals surface area contributed by atoms with Gasteiger partial charge in [-0.1, -0.05) is 44.2 Å². The van der Waals surface area contributed by atoms with Crippen molar-refractivity contribution in [2.45, 2.75) is 57.4 Å². The molecule has 2 atom stereocenters. The molecule has 2 rings (SSSR count). The molecule has 1 aliphatic carbocycles. The quantitative estimate of drug-likeness (QED) is 0.660. The third kappa shape index (κ3) is 4.61. The molecule has 118 valence electrons. The topological polar surface area (TPSA) is 38.0 Å². The zero-order chi connectivity index (χ0) is 15.3. The van der Waals surface area contributed by atoms with E-state index in [-0.39, 0.29) is 5.54 Å². The van der Waals surface area contributed by atoms with Crippen molar-refractivity contribution in [1.29, 1.82) is 0 Å². The highest BCUT2D eigenvalue weighted by Gasteiger charge is 2.31. The Hall–Kier alpha value is -0.250. The van der Waals surface area contributed by atoms with Gasteiger partial charge in [0.25, 0.3) is 0 Å². The third-order valence-corrected chi connectivity index (χ3v) is 5.95. The molecule has 0 heterocycles. The molecule has 0 amide bonds. The first kappa shape index (κ1) is 17.1. The second-order valence-corrected chi connectivity index (χ2v) is 7.59. The lowest BCUT2D eigenvalue weighted by Gasteiger charge is -2.34. The standard InChI is InChI=1S/C17H26BrClN2/c1-2-4-13-5-3-9-17(12-20,10-8-13)21-14-6-7-15(18)16(19)11-14/h6-7,11,13,21H,2-5,8-10,12,20H2,1H3. The zero-order valence-corrected chi connectivity index (χ0v) is 15.1. The summed E-state index contributed by atoms with van der Waals surface area (Å²) >= 11 is 9.64. The highest BCUT2D eigenvalue weighted by atomic mass is 79.9. The van der Waals surface area contributed by atoms with Crippen LogP contribution in [0, 0.1) is 5.92 Å². The molecule has 1 aromatic carbocycles. The second kappa shape index (κ2) is 7.85. The maximum Gasteiger partial charge on any atom is 0.0568 e. The Morgan fingerprint density at radius 3 is 2.86 bits per heavy atom. The van der Waals surface area contributed by atoms with Gasteiger partial charge in [0.05, 0.1) is 5.02 Å². The number of rotatable bonds is 5. The van der Waals surface area contributed by atoms with Crippen molar-refractivity contribution >= 4 is 33.2 Å². The molecule has 0 bridgehead atoms. The summed E-state index contributed by atoms with van der Waals surface area (Å²) < 4.78 is 0.931. The number of halogens is 2. The fourth-order valence-electron chi connectivity index (χ4n) is 3.44. The van der Waals surface area contributed by atoms with E-state index in [2.05, 4.69) is 34.2 Å². The van der Waals surface area contributed by atoms with Gasteiger partial charge in [-0.25, -0.2) is 0 Å². The van der Waals surface area contributed by atoms with E-state index < -0.39 is 0 Å². The fraction of sp³-hybridized carbons (Fsp3) is 0.647. The first-order valence-electron chi connectivity index (χ1n) is 8.02. The van der Waals surface area contributed by atoms with Crippen molar-refractivity contribution in [1.82, 2.24) is 0 Å². The summed E-state index contributed by atoms with van der Waals surface area (Å²) in [6.45, 7) is 2.96. The SMILES string of the molecule is CCCC1CCCC(CN)(Nc2ccc(Br)c(Cl)c2)CC1. The van der Waals surface area contributed by atoms with Gasteiger partial charge in [-0.2, -0.15) is 0 Å². The highest BCUT2D eigenvalue weighted by molar-refractivity contribution is 9.10. The second-order valence-electron chi connectivity index (χ2n) is 6.32. The Kier molecular flexibility index (Phi) is 6.39. The molecule has 1 saturated carbocycles. The average molecular weight is 374 g/mol. The number of nitrogens with one attached hydrogen (secondary N) is 1. The summed E-state index contributed by atoms with van der Waals surface area (Å²) in [5.74, 6) is 0.874. The van der Waals surface area contributed by atoms with Crippen LogP contribution in [0.1, 0.15) is 51.9 Å². The van der Waals surface area contributed by atoms with Gasteiger partial charge in [0.15, 0.2) is 0 Å². The minimum absolute atomic E-state index is 0.0274. The molecule has 0 aromatic heterocycles. The van der Waals surface area contributed by atoms with Crippen molar-refractivity contribution in [2.24, 2.45) is 11.7 Å². The van der Waals surface area contributed by atoms with Gasteiger partial charge < -0.3 is 11.1 Å². The molecule has 1 aromatic rings. The molecular weight excluding hydrogens is 348 g/mol.